The molecule has 112 valence electrons. The number of halogens is 3. The summed E-state index contributed by atoms with van der Waals surface area (Å²) >= 11 is 0. The molecule has 2 rings (SSSR count). The van der Waals surface area contributed by atoms with Gasteiger partial charge in [0, 0.05) is 6.54 Å². The molecular formula is C15H15F3N2O. The molecule has 1 aromatic rings. The molecule has 1 fully saturated rings. The molecule has 1 amide bonds. The van der Waals surface area contributed by atoms with Crippen molar-refractivity contribution in [1.29, 1.82) is 5.26 Å². The zero-order valence-electron chi connectivity index (χ0n) is 11.5. The van der Waals surface area contributed by atoms with Crippen LogP contribution in [0.3, 0.4) is 0 Å². The Morgan fingerprint density at radius 3 is 2.57 bits per heavy atom. The standard InChI is InChI=1S/C15H15F3N2O/c1-10-6-14(7-10,9-19)13(21)20-8-11-4-2-3-5-12(11)15(16,17)18/h2-5,10H,6-8H2,1H3,(H,20,21). The van der Waals surface area contributed by atoms with E-state index in [-0.39, 0.29) is 18.0 Å². The van der Waals surface area contributed by atoms with Crippen LogP contribution >= 0.6 is 0 Å². The monoisotopic (exact) mass is 296 g/mol. The highest BCUT2D eigenvalue weighted by Gasteiger charge is 2.48. The van der Waals surface area contributed by atoms with Crippen molar-refractivity contribution >= 4 is 5.91 Å². The number of carbonyl (C=O) groups is 1. The van der Waals surface area contributed by atoms with Crippen LogP contribution in [0.2, 0.25) is 0 Å². The van der Waals surface area contributed by atoms with E-state index in [2.05, 4.69) is 5.32 Å². The molecule has 0 aromatic heterocycles. The maximum absolute atomic E-state index is 12.8. The van der Waals surface area contributed by atoms with E-state index in [1.807, 2.05) is 13.0 Å². The molecule has 0 heterocycles. The second kappa shape index (κ2) is 5.40. The van der Waals surface area contributed by atoms with Gasteiger partial charge in [0.25, 0.3) is 0 Å². The molecule has 1 N–H and O–H groups in total. The van der Waals surface area contributed by atoms with Crippen molar-refractivity contribution in [2.75, 3.05) is 0 Å². The summed E-state index contributed by atoms with van der Waals surface area (Å²) < 4.78 is 38.5. The highest BCUT2D eigenvalue weighted by Crippen LogP contribution is 2.45. The fourth-order valence-electron chi connectivity index (χ4n) is 2.75. The predicted octanol–water partition coefficient (Wildman–Crippen LogP) is 3.26. The molecule has 0 unspecified atom stereocenters. The van der Waals surface area contributed by atoms with Crippen LogP contribution in [0.1, 0.15) is 30.9 Å². The Morgan fingerprint density at radius 2 is 2.05 bits per heavy atom. The summed E-state index contributed by atoms with van der Waals surface area (Å²) in [5.74, 6) is -0.196. The van der Waals surface area contributed by atoms with Gasteiger partial charge in [-0.1, -0.05) is 25.1 Å². The number of carbonyl (C=O) groups excluding carboxylic acids is 1. The minimum atomic E-state index is -4.46. The van der Waals surface area contributed by atoms with Crippen LogP contribution in [0.15, 0.2) is 24.3 Å². The van der Waals surface area contributed by atoms with Crippen molar-refractivity contribution in [2.45, 2.75) is 32.5 Å². The van der Waals surface area contributed by atoms with Crippen LogP contribution in [-0.4, -0.2) is 5.91 Å². The van der Waals surface area contributed by atoms with Crippen LogP contribution in [0.5, 0.6) is 0 Å². The number of nitrogens with one attached hydrogen (secondary N) is 1. The number of nitrogens with zero attached hydrogens (tertiary/aromatic N) is 1. The molecule has 6 heteroatoms. The topological polar surface area (TPSA) is 52.9 Å². The first-order chi connectivity index (χ1) is 9.78. The summed E-state index contributed by atoms with van der Waals surface area (Å²) in [4.78, 5) is 12.0. The molecule has 3 nitrogen and oxygen atoms in total. The van der Waals surface area contributed by atoms with Crippen molar-refractivity contribution < 1.29 is 18.0 Å². The predicted molar refractivity (Wildman–Crippen MR) is 69.7 cm³/mol. The third kappa shape index (κ3) is 3.02. The Hall–Kier alpha value is -2.03. The number of alkyl halides is 3. The molecular weight excluding hydrogens is 281 g/mol. The van der Waals surface area contributed by atoms with E-state index in [4.69, 9.17) is 5.26 Å². The highest BCUT2D eigenvalue weighted by molar-refractivity contribution is 5.86. The van der Waals surface area contributed by atoms with Crippen LogP contribution in [-0.2, 0) is 17.5 Å². The smallest absolute Gasteiger partial charge is 0.351 e. The van der Waals surface area contributed by atoms with E-state index < -0.39 is 23.1 Å². The number of benzene rings is 1. The number of nitriles is 1. The third-order valence-corrected chi connectivity index (χ3v) is 3.80. The molecule has 1 aliphatic rings. The maximum Gasteiger partial charge on any atom is 0.416 e. The minimum Gasteiger partial charge on any atom is -0.351 e. The first kappa shape index (κ1) is 15.4. The van der Waals surface area contributed by atoms with E-state index in [9.17, 15) is 18.0 Å². The van der Waals surface area contributed by atoms with E-state index in [1.54, 1.807) is 0 Å². The lowest BCUT2D eigenvalue weighted by Gasteiger charge is -2.39. The van der Waals surface area contributed by atoms with Crippen LogP contribution in [0, 0.1) is 22.7 Å². The Balaban J connectivity index is 2.08. The fraction of sp³-hybridized carbons (Fsp3) is 0.467. The minimum absolute atomic E-state index is 0.00110. The summed E-state index contributed by atoms with van der Waals surface area (Å²) in [6.45, 7) is 1.70. The molecule has 1 aliphatic carbocycles. The fourth-order valence-corrected chi connectivity index (χ4v) is 2.75. The van der Waals surface area contributed by atoms with Gasteiger partial charge in [-0.3, -0.25) is 4.79 Å². The summed E-state index contributed by atoms with van der Waals surface area (Å²) in [6, 6.07) is 7.09. The molecule has 1 saturated carbocycles. The highest BCUT2D eigenvalue weighted by atomic mass is 19.4. The zero-order valence-corrected chi connectivity index (χ0v) is 11.5. The van der Waals surface area contributed by atoms with Crippen molar-refractivity contribution in [3.05, 3.63) is 35.4 Å². The van der Waals surface area contributed by atoms with Gasteiger partial charge in [0.05, 0.1) is 11.6 Å². The van der Waals surface area contributed by atoms with Gasteiger partial charge >= 0.3 is 6.18 Å². The van der Waals surface area contributed by atoms with Crippen molar-refractivity contribution in [3.63, 3.8) is 0 Å². The second-order valence-electron chi connectivity index (χ2n) is 5.54. The summed E-state index contributed by atoms with van der Waals surface area (Å²) in [5.41, 5.74) is -1.84. The lowest BCUT2D eigenvalue weighted by atomic mass is 9.63. The molecule has 0 atom stereocenters. The lowest BCUT2D eigenvalue weighted by Crippen LogP contribution is -2.48. The van der Waals surface area contributed by atoms with Gasteiger partial charge in [-0.15, -0.1) is 0 Å². The third-order valence-electron chi connectivity index (χ3n) is 3.80. The number of rotatable bonds is 3. The van der Waals surface area contributed by atoms with Crippen molar-refractivity contribution in [2.24, 2.45) is 11.3 Å². The van der Waals surface area contributed by atoms with Gasteiger partial charge in [0.1, 0.15) is 5.41 Å². The zero-order chi connectivity index (χ0) is 15.7. The van der Waals surface area contributed by atoms with E-state index >= 15 is 0 Å². The summed E-state index contributed by atoms with van der Waals surface area (Å²) in [5, 5.41) is 11.6. The van der Waals surface area contributed by atoms with E-state index in [1.165, 1.54) is 18.2 Å². The molecule has 0 bridgehead atoms. The van der Waals surface area contributed by atoms with Crippen LogP contribution < -0.4 is 5.32 Å². The number of hydrogen-bond acceptors (Lipinski definition) is 2. The van der Waals surface area contributed by atoms with Gasteiger partial charge in [-0.25, -0.2) is 0 Å². The maximum atomic E-state index is 12.8. The molecule has 0 saturated heterocycles. The van der Waals surface area contributed by atoms with Gasteiger partial charge in [0.15, 0.2) is 0 Å². The normalized spacial score (nSPS) is 24.8. The molecule has 0 spiro atoms. The van der Waals surface area contributed by atoms with Crippen molar-refractivity contribution in [3.8, 4) is 6.07 Å². The Morgan fingerprint density at radius 1 is 1.43 bits per heavy atom. The van der Waals surface area contributed by atoms with Crippen molar-refractivity contribution in [1.82, 2.24) is 5.32 Å². The SMILES string of the molecule is CC1CC(C#N)(C(=O)NCc2ccccc2C(F)(F)F)C1. The first-order valence-electron chi connectivity index (χ1n) is 6.63. The van der Waals surface area contributed by atoms with Crippen LogP contribution in [0.4, 0.5) is 13.2 Å². The Labute approximate surface area is 120 Å². The van der Waals surface area contributed by atoms with E-state index in [0.29, 0.717) is 12.8 Å². The van der Waals surface area contributed by atoms with E-state index in [0.717, 1.165) is 6.07 Å². The molecule has 1 aromatic carbocycles. The quantitative estimate of drug-likeness (QED) is 0.930. The average molecular weight is 296 g/mol. The van der Waals surface area contributed by atoms with Gasteiger partial charge in [0.2, 0.25) is 5.91 Å². The lowest BCUT2D eigenvalue weighted by molar-refractivity contribution is -0.139. The molecule has 0 aliphatic heterocycles. The van der Waals surface area contributed by atoms with Gasteiger partial charge < -0.3 is 5.32 Å². The van der Waals surface area contributed by atoms with Gasteiger partial charge in [-0.2, -0.15) is 18.4 Å². The van der Waals surface area contributed by atoms with Gasteiger partial charge in [-0.05, 0) is 30.4 Å². The first-order valence-corrected chi connectivity index (χ1v) is 6.63. The Bertz CT molecular complexity index is 583. The second-order valence-corrected chi connectivity index (χ2v) is 5.54. The summed E-state index contributed by atoms with van der Waals surface area (Å²) in [7, 11) is 0. The largest absolute Gasteiger partial charge is 0.416 e. The number of hydrogen-bond donors (Lipinski definition) is 1. The average Bonchev–Trinajstić information content (AvgIpc) is 2.40. The number of amides is 1. The molecule has 0 radical (unpaired) electrons. The van der Waals surface area contributed by atoms with Crippen LogP contribution in [0.25, 0.3) is 0 Å². The summed E-state index contributed by atoms with van der Waals surface area (Å²) in [6.07, 6.45) is -3.55. The Kier molecular flexibility index (Phi) is 3.95. The molecule has 21 heavy (non-hydrogen) atoms.